The van der Waals surface area contributed by atoms with Crippen LogP contribution in [0, 0.1) is 6.92 Å². The van der Waals surface area contributed by atoms with E-state index < -0.39 is 0 Å². The molecule has 146 valence electrons. The standard InChI is InChI=1S/C26H30N.HI/c1-21-22(16-11-17-25(21)20-27(2,3)4)18-19-26(23-12-7-5-8-13-23)24-14-9-6-10-15-24;/h5-17,19H,18,20H2,1-4H3;1H/q+1;/p-1. The molecule has 3 rings (SSSR count). The van der Waals surface area contributed by atoms with Crippen molar-refractivity contribution in [2.24, 2.45) is 0 Å². The molecule has 0 bridgehead atoms. The van der Waals surface area contributed by atoms with E-state index in [0.717, 1.165) is 17.4 Å². The summed E-state index contributed by atoms with van der Waals surface area (Å²) < 4.78 is 0.944. The zero-order valence-electron chi connectivity index (χ0n) is 17.3. The normalized spacial score (nSPS) is 10.9. The summed E-state index contributed by atoms with van der Waals surface area (Å²) >= 11 is 0. The summed E-state index contributed by atoms with van der Waals surface area (Å²) in [5.74, 6) is 0. The molecule has 3 aromatic carbocycles. The monoisotopic (exact) mass is 483 g/mol. The molecular formula is C26H30IN. The second-order valence-electron chi connectivity index (χ2n) is 8.20. The van der Waals surface area contributed by atoms with Crippen molar-refractivity contribution in [1.29, 1.82) is 0 Å². The Labute approximate surface area is 187 Å². The highest BCUT2D eigenvalue weighted by molar-refractivity contribution is 5.79. The zero-order valence-corrected chi connectivity index (χ0v) is 19.5. The Kier molecular flexibility index (Phi) is 8.02. The van der Waals surface area contributed by atoms with Gasteiger partial charge in [-0.15, -0.1) is 0 Å². The van der Waals surface area contributed by atoms with Crippen LogP contribution in [0.2, 0.25) is 0 Å². The van der Waals surface area contributed by atoms with Gasteiger partial charge in [-0.2, -0.15) is 0 Å². The van der Waals surface area contributed by atoms with Crippen LogP contribution < -0.4 is 24.0 Å². The smallest absolute Gasteiger partial charge is 0.104 e. The van der Waals surface area contributed by atoms with Gasteiger partial charge in [0.25, 0.3) is 0 Å². The van der Waals surface area contributed by atoms with Crippen LogP contribution in [-0.4, -0.2) is 25.6 Å². The number of rotatable bonds is 6. The van der Waals surface area contributed by atoms with Crippen molar-refractivity contribution in [3.05, 3.63) is 113 Å². The summed E-state index contributed by atoms with van der Waals surface area (Å²) in [6.07, 6.45) is 3.32. The van der Waals surface area contributed by atoms with Crippen LogP contribution in [0.4, 0.5) is 0 Å². The molecule has 1 nitrogen and oxygen atoms in total. The van der Waals surface area contributed by atoms with E-state index >= 15 is 0 Å². The molecule has 0 heterocycles. The van der Waals surface area contributed by atoms with Crippen molar-refractivity contribution in [3.8, 4) is 0 Å². The number of benzene rings is 3. The van der Waals surface area contributed by atoms with Gasteiger partial charge in [-0.05, 0) is 41.2 Å². The summed E-state index contributed by atoms with van der Waals surface area (Å²) in [5, 5.41) is 0. The van der Waals surface area contributed by atoms with Gasteiger partial charge < -0.3 is 28.5 Å². The summed E-state index contributed by atoms with van der Waals surface area (Å²) in [7, 11) is 6.73. The lowest BCUT2D eigenvalue weighted by Crippen LogP contribution is -3.00. The maximum Gasteiger partial charge on any atom is 0.104 e. The maximum atomic E-state index is 2.38. The van der Waals surface area contributed by atoms with Crippen molar-refractivity contribution in [3.63, 3.8) is 0 Å². The van der Waals surface area contributed by atoms with Gasteiger partial charge in [0.15, 0.2) is 0 Å². The van der Waals surface area contributed by atoms with Crippen molar-refractivity contribution < 1.29 is 28.5 Å². The Hall–Kier alpha value is -1.91. The lowest BCUT2D eigenvalue weighted by atomic mass is 9.94. The van der Waals surface area contributed by atoms with E-state index in [1.165, 1.54) is 33.4 Å². The fraction of sp³-hybridized carbons (Fsp3) is 0.231. The number of quaternary nitrogens is 1. The minimum absolute atomic E-state index is 0. The van der Waals surface area contributed by atoms with Crippen LogP contribution in [0.15, 0.2) is 84.9 Å². The first-order valence-electron chi connectivity index (χ1n) is 9.63. The first-order valence-corrected chi connectivity index (χ1v) is 9.63. The van der Waals surface area contributed by atoms with Crippen LogP contribution in [-0.2, 0) is 13.0 Å². The highest BCUT2D eigenvalue weighted by Gasteiger charge is 2.12. The van der Waals surface area contributed by atoms with Crippen LogP contribution in [0.3, 0.4) is 0 Å². The molecule has 0 aliphatic heterocycles. The third-order valence-electron chi connectivity index (χ3n) is 4.90. The average molecular weight is 483 g/mol. The average Bonchev–Trinajstić information content (AvgIpc) is 2.65. The van der Waals surface area contributed by atoms with Crippen LogP contribution in [0.25, 0.3) is 5.57 Å². The molecule has 0 saturated heterocycles. The topological polar surface area (TPSA) is 0 Å². The molecule has 0 unspecified atom stereocenters. The molecule has 0 fully saturated rings. The van der Waals surface area contributed by atoms with Gasteiger partial charge in [-0.1, -0.05) is 84.9 Å². The Balaban J connectivity index is 0.00000280. The minimum Gasteiger partial charge on any atom is -1.00 e. The van der Waals surface area contributed by atoms with E-state index in [4.69, 9.17) is 0 Å². The Bertz CT molecular complexity index is 865. The SMILES string of the molecule is Cc1c(CC=C(c2ccccc2)c2ccccc2)cccc1C[N+](C)(C)C.[I-]. The highest BCUT2D eigenvalue weighted by atomic mass is 127. The molecule has 0 aliphatic carbocycles. The van der Waals surface area contributed by atoms with Gasteiger partial charge in [0, 0.05) is 5.56 Å². The molecule has 28 heavy (non-hydrogen) atoms. The molecule has 0 saturated carbocycles. The van der Waals surface area contributed by atoms with Crippen LogP contribution in [0.1, 0.15) is 27.8 Å². The van der Waals surface area contributed by atoms with Crippen molar-refractivity contribution in [2.75, 3.05) is 21.1 Å². The van der Waals surface area contributed by atoms with Gasteiger partial charge in [0.2, 0.25) is 0 Å². The second-order valence-corrected chi connectivity index (χ2v) is 8.20. The van der Waals surface area contributed by atoms with E-state index in [2.05, 4.69) is 113 Å². The summed E-state index contributed by atoms with van der Waals surface area (Å²) in [6.45, 7) is 3.31. The molecule has 0 aliphatic rings. The number of hydrogen-bond donors (Lipinski definition) is 0. The lowest BCUT2D eigenvalue weighted by molar-refractivity contribution is -0.884. The van der Waals surface area contributed by atoms with Crippen molar-refractivity contribution in [2.45, 2.75) is 19.9 Å². The Morgan fingerprint density at radius 3 is 1.71 bits per heavy atom. The van der Waals surface area contributed by atoms with Gasteiger partial charge in [0.1, 0.15) is 6.54 Å². The largest absolute Gasteiger partial charge is 1.00 e. The molecule has 0 aromatic heterocycles. The molecule has 3 aromatic rings. The van der Waals surface area contributed by atoms with Crippen LogP contribution in [0.5, 0.6) is 0 Å². The molecule has 2 heteroatoms. The number of halogens is 1. The first-order chi connectivity index (χ1) is 12.9. The van der Waals surface area contributed by atoms with Gasteiger partial charge in [-0.3, -0.25) is 0 Å². The quantitative estimate of drug-likeness (QED) is 0.374. The van der Waals surface area contributed by atoms with Gasteiger partial charge in [0.05, 0.1) is 21.1 Å². The minimum atomic E-state index is 0. The van der Waals surface area contributed by atoms with Crippen LogP contribution >= 0.6 is 0 Å². The first kappa shape index (κ1) is 22.4. The lowest BCUT2D eigenvalue weighted by Gasteiger charge is -2.25. The third-order valence-corrected chi connectivity index (χ3v) is 4.90. The summed E-state index contributed by atoms with van der Waals surface area (Å²) in [5.41, 5.74) is 8.10. The van der Waals surface area contributed by atoms with Gasteiger partial charge >= 0.3 is 0 Å². The molecular weight excluding hydrogens is 453 g/mol. The van der Waals surface area contributed by atoms with E-state index in [1.54, 1.807) is 0 Å². The molecule has 0 radical (unpaired) electrons. The zero-order chi connectivity index (χ0) is 19.3. The fourth-order valence-electron chi connectivity index (χ4n) is 3.49. The molecule has 0 spiro atoms. The third kappa shape index (κ3) is 6.05. The highest BCUT2D eigenvalue weighted by Crippen LogP contribution is 2.25. The molecule has 0 atom stereocenters. The number of nitrogens with zero attached hydrogens (tertiary/aromatic N) is 1. The van der Waals surface area contributed by atoms with E-state index in [-0.39, 0.29) is 24.0 Å². The predicted octanol–water partition coefficient (Wildman–Crippen LogP) is 2.88. The van der Waals surface area contributed by atoms with E-state index in [9.17, 15) is 0 Å². The van der Waals surface area contributed by atoms with E-state index in [0.29, 0.717) is 0 Å². The fourth-order valence-corrected chi connectivity index (χ4v) is 3.49. The summed E-state index contributed by atoms with van der Waals surface area (Å²) in [4.78, 5) is 0. The number of hydrogen-bond acceptors (Lipinski definition) is 0. The van der Waals surface area contributed by atoms with E-state index in [1.807, 2.05) is 0 Å². The van der Waals surface area contributed by atoms with Crippen molar-refractivity contribution >= 4 is 5.57 Å². The number of allylic oxidation sites excluding steroid dienone is 1. The van der Waals surface area contributed by atoms with Crippen molar-refractivity contribution in [1.82, 2.24) is 0 Å². The van der Waals surface area contributed by atoms with Gasteiger partial charge in [-0.25, -0.2) is 0 Å². The Morgan fingerprint density at radius 1 is 0.714 bits per heavy atom. The predicted molar refractivity (Wildman–Crippen MR) is 117 cm³/mol. The summed E-state index contributed by atoms with van der Waals surface area (Å²) in [6, 6.07) is 28.1. The maximum absolute atomic E-state index is 2.38. The second kappa shape index (κ2) is 10.0. The molecule has 0 N–H and O–H groups in total. The Morgan fingerprint density at radius 2 is 1.21 bits per heavy atom. The molecule has 0 amide bonds.